The van der Waals surface area contributed by atoms with Crippen molar-refractivity contribution in [2.45, 2.75) is 19.8 Å². The zero-order valence-electron chi connectivity index (χ0n) is 7.75. The molecule has 0 saturated carbocycles. The number of likely N-dealkylation sites (tertiary alicyclic amines) is 1. The van der Waals surface area contributed by atoms with Crippen LogP contribution < -0.4 is 11.3 Å². The summed E-state index contributed by atoms with van der Waals surface area (Å²) in [5.74, 6) is 4.16. The first kappa shape index (κ1) is 9.98. The number of carbonyl (C=O) groups is 2. The molecule has 0 bridgehead atoms. The average molecular weight is 185 g/mol. The standard InChI is InChI=1S/C8H15N3O2/c1-2-6-3-4-11(5-6)8(13)7(12)10-9/h6H,2-5,9H2,1H3,(H,10,12). The Hall–Kier alpha value is -1.10. The van der Waals surface area contributed by atoms with E-state index in [1.165, 1.54) is 0 Å². The SMILES string of the molecule is CCC1CCN(C(=O)C(=O)NN)C1. The number of hydrogen-bond donors (Lipinski definition) is 2. The molecule has 2 amide bonds. The third-order valence-electron chi connectivity index (χ3n) is 2.48. The predicted octanol–water partition coefficient (Wildman–Crippen LogP) is -0.765. The number of rotatable bonds is 1. The largest absolute Gasteiger partial charge is 0.334 e. The lowest BCUT2D eigenvalue weighted by atomic mass is 10.1. The second-order valence-electron chi connectivity index (χ2n) is 3.29. The van der Waals surface area contributed by atoms with Crippen LogP contribution in [0.2, 0.25) is 0 Å². The van der Waals surface area contributed by atoms with Crippen LogP contribution in [0.3, 0.4) is 0 Å². The first-order valence-corrected chi connectivity index (χ1v) is 4.48. The van der Waals surface area contributed by atoms with Crippen LogP contribution in [-0.2, 0) is 9.59 Å². The minimum Gasteiger partial charge on any atom is -0.334 e. The van der Waals surface area contributed by atoms with Crippen molar-refractivity contribution in [3.63, 3.8) is 0 Å². The van der Waals surface area contributed by atoms with E-state index < -0.39 is 11.8 Å². The summed E-state index contributed by atoms with van der Waals surface area (Å²) in [6.45, 7) is 3.44. The Morgan fingerprint density at radius 2 is 2.31 bits per heavy atom. The van der Waals surface area contributed by atoms with Gasteiger partial charge < -0.3 is 4.90 Å². The van der Waals surface area contributed by atoms with E-state index in [1.54, 1.807) is 4.90 Å². The van der Waals surface area contributed by atoms with Crippen LogP contribution in [0, 0.1) is 5.92 Å². The molecular weight excluding hydrogens is 170 g/mol. The average Bonchev–Trinajstić information content (AvgIpc) is 2.63. The van der Waals surface area contributed by atoms with Crippen LogP contribution in [0.1, 0.15) is 19.8 Å². The van der Waals surface area contributed by atoms with Gasteiger partial charge in [0.1, 0.15) is 0 Å². The molecule has 0 spiro atoms. The molecule has 0 aromatic carbocycles. The smallest absolute Gasteiger partial charge is 0.323 e. The zero-order valence-corrected chi connectivity index (χ0v) is 7.75. The van der Waals surface area contributed by atoms with Crippen molar-refractivity contribution in [2.24, 2.45) is 11.8 Å². The summed E-state index contributed by atoms with van der Waals surface area (Å²) < 4.78 is 0. The highest BCUT2D eigenvalue weighted by atomic mass is 16.2. The van der Waals surface area contributed by atoms with Crippen LogP contribution in [0.15, 0.2) is 0 Å². The van der Waals surface area contributed by atoms with Gasteiger partial charge in [0.2, 0.25) is 0 Å². The number of nitrogens with one attached hydrogen (secondary N) is 1. The molecule has 1 saturated heterocycles. The van der Waals surface area contributed by atoms with Crippen molar-refractivity contribution in [3.05, 3.63) is 0 Å². The molecule has 1 rings (SSSR count). The monoisotopic (exact) mass is 185 g/mol. The van der Waals surface area contributed by atoms with Gasteiger partial charge in [-0.1, -0.05) is 13.3 Å². The van der Waals surface area contributed by atoms with Crippen LogP contribution in [0.25, 0.3) is 0 Å². The van der Waals surface area contributed by atoms with E-state index in [9.17, 15) is 9.59 Å². The summed E-state index contributed by atoms with van der Waals surface area (Å²) in [6, 6.07) is 0. The number of carbonyl (C=O) groups excluding carboxylic acids is 2. The fourth-order valence-corrected chi connectivity index (χ4v) is 1.56. The maximum atomic E-state index is 11.3. The van der Waals surface area contributed by atoms with E-state index in [-0.39, 0.29) is 0 Å². The van der Waals surface area contributed by atoms with E-state index in [1.807, 2.05) is 5.43 Å². The summed E-state index contributed by atoms with van der Waals surface area (Å²) in [6.07, 6.45) is 2.04. The Morgan fingerprint density at radius 1 is 1.62 bits per heavy atom. The van der Waals surface area contributed by atoms with Gasteiger partial charge in [0, 0.05) is 13.1 Å². The highest BCUT2D eigenvalue weighted by molar-refractivity contribution is 6.34. The van der Waals surface area contributed by atoms with Crippen molar-refractivity contribution < 1.29 is 9.59 Å². The van der Waals surface area contributed by atoms with Crippen LogP contribution in [-0.4, -0.2) is 29.8 Å². The molecule has 1 atom stereocenters. The summed E-state index contributed by atoms with van der Waals surface area (Å²) in [7, 11) is 0. The van der Waals surface area contributed by atoms with E-state index >= 15 is 0 Å². The van der Waals surface area contributed by atoms with Gasteiger partial charge in [0.25, 0.3) is 0 Å². The molecule has 74 valence electrons. The molecule has 13 heavy (non-hydrogen) atoms. The lowest BCUT2D eigenvalue weighted by molar-refractivity contribution is -0.145. The topological polar surface area (TPSA) is 75.4 Å². The number of nitrogens with two attached hydrogens (primary N) is 1. The van der Waals surface area contributed by atoms with Gasteiger partial charge in [-0.05, 0) is 12.3 Å². The molecular formula is C8H15N3O2. The Bertz CT molecular complexity index is 217. The lowest BCUT2D eigenvalue weighted by Gasteiger charge is -2.14. The van der Waals surface area contributed by atoms with Gasteiger partial charge in [0.05, 0.1) is 0 Å². The second-order valence-corrected chi connectivity index (χ2v) is 3.29. The van der Waals surface area contributed by atoms with Gasteiger partial charge in [-0.15, -0.1) is 0 Å². The maximum absolute atomic E-state index is 11.3. The summed E-state index contributed by atoms with van der Waals surface area (Å²) in [4.78, 5) is 23.7. The van der Waals surface area contributed by atoms with Crippen LogP contribution >= 0.6 is 0 Å². The highest BCUT2D eigenvalue weighted by Gasteiger charge is 2.28. The lowest BCUT2D eigenvalue weighted by Crippen LogP contribution is -2.44. The number of hydrogen-bond acceptors (Lipinski definition) is 3. The fraction of sp³-hybridized carbons (Fsp3) is 0.750. The Balaban J connectivity index is 2.46. The molecule has 3 N–H and O–H groups in total. The van der Waals surface area contributed by atoms with Crippen molar-refractivity contribution >= 4 is 11.8 Å². The van der Waals surface area contributed by atoms with Gasteiger partial charge in [-0.3, -0.25) is 15.0 Å². The number of nitrogens with zero attached hydrogens (tertiary/aromatic N) is 1. The van der Waals surface area contributed by atoms with E-state index in [2.05, 4.69) is 6.92 Å². The van der Waals surface area contributed by atoms with Crippen LogP contribution in [0.4, 0.5) is 0 Å². The molecule has 0 aromatic rings. The Kier molecular flexibility index (Phi) is 3.25. The third kappa shape index (κ3) is 2.18. The number of hydrazine groups is 1. The van der Waals surface area contributed by atoms with Crippen molar-refractivity contribution in [2.75, 3.05) is 13.1 Å². The third-order valence-corrected chi connectivity index (χ3v) is 2.48. The van der Waals surface area contributed by atoms with Gasteiger partial charge in [-0.25, -0.2) is 5.84 Å². The molecule has 0 aromatic heterocycles. The quantitative estimate of drug-likeness (QED) is 0.244. The van der Waals surface area contributed by atoms with Crippen molar-refractivity contribution in [1.82, 2.24) is 10.3 Å². The molecule has 1 aliphatic heterocycles. The molecule has 0 aliphatic carbocycles. The van der Waals surface area contributed by atoms with Crippen molar-refractivity contribution in [3.8, 4) is 0 Å². The van der Waals surface area contributed by atoms with E-state index in [0.29, 0.717) is 19.0 Å². The highest BCUT2D eigenvalue weighted by Crippen LogP contribution is 2.18. The summed E-state index contributed by atoms with van der Waals surface area (Å²) >= 11 is 0. The molecule has 5 nitrogen and oxygen atoms in total. The first-order chi connectivity index (χ1) is 6.19. The Morgan fingerprint density at radius 3 is 2.77 bits per heavy atom. The summed E-state index contributed by atoms with van der Waals surface area (Å²) in [5.41, 5.74) is 1.84. The van der Waals surface area contributed by atoms with E-state index in [0.717, 1.165) is 12.8 Å². The maximum Gasteiger partial charge on any atom is 0.323 e. The normalized spacial score (nSPS) is 21.7. The minimum atomic E-state index is -0.725. The van der Waals surface area contributed by atoms with Gasteiger partial charge >= 0.3 is 11.8 Å². The predicted molar refractivity (Wildman–Crippen MR) is 47.3 cm³/mol. The minimum absolute atomic E-state index is 0.515. The number of amides is 2. The van der Waals surface area contributed by atoms with Gasteiger partial charge in [-0.2, -0.15) is 0 Å². The van der Waals surface area contributed by atoms with E-state index in [4.69, 9.17) is 5.84 Å². The summed E-state index contributed by atoms with van der Waals surface area (Å²) in [5, 5.41) is 0. The van der Waals surface area contributed by atoms with Crippen LogP contribution in [0.5, 0.6) is 0 Å². The molecule has 5 heteroatoms. The molecule has 1 aliphatic rings. The zero-order chi connectivity index (χ0) is 9.84. The first-order valence-electron chi connectivity index (χ1n) is 4.48. The molecule has 1 fully saturated rings. The Labute approximate surface area is 77.2 Å². The molecule has 1 unspecified atom stereocenters. The van der Waals surface area contributed by atoms with Crippen molar-refractivity contribution in [1.29, 1.82) is 0 Å². The second kappa shape index (κ2) is 4.23. The molecule has 1 heterocycles. The fourth-order valence-electron chi connectivity index (χ4n) is 1.56. The molecule has 0 radical (unpaired) electrons. The van der Waals surface area contributed by atoms with Gasteiger partial charge in [0.15, 0.2) is 0 Å².